The van der Waals surface area contributed by atoms with Gasteiger partial charge in [0.2, 0.25) is 10.0 Å². The van der Waals surface area contributed by atoms with Gasteiger partial charge in [0.15, 0.2) is 5.65 Å². The van der Waals surface area contributed by atoms with Crippen LogP contribution in [0.2, 0.25) is 0 Å². The van der Waals surface area contributed by atoms with Crippen molar-refractivity contribution < 1.29 is 12.8 Å². The summed E-state index contributed by atoms with van der Waals surface area (Å²) in [4.78, 5) is 11.0. The molecule has 28 heavy (non-hydrogen) atoms. The first-order valence-electron chi connectivity index (χ1n) is 9.21. The number of fused-ring (bicyclic) bond motifs is 1. The van der Waals surface area contributed by atoms with Gasteiger partial charge >= 0.3 is 0 Å². The lowest BCUT2D eigenvalue weighted by atomic mass is 10.1. The molecule has 1 aromatic carbocycles. The third kappa shape index (κ3) is 3.83. The monoisotopic (exact) mass is 404 g/mol. The van der Waals surface area contributed by atoms with E-state index in [2.05, 4.69) is 24.7 Å². The van der Waals surface area contributed by atoms with Gasteiger partial charge in [-0.1, -0.05) is 0 Å². The van der Waals surface area contributed by atoms with Crippen LogP contribution in [0.3, 0.4) is 0 Å². The first-order chi connectivity index (χ1) is 13.5. The summed E-state index contributed by atoms with van der Waals surface area (Å²) >= 11 is 0. The molecule has 0 bridgehead atoms. The van der Waals surface area contributed by atoms with Crippen LogP contribution < -0.4 is 9.62 Å². The molecule has 0 aliphatic carbocycles. The van der Waals surface area contributed by atoms with Gasteiger partial charge in [-0.15, -0.1) is 0 Å². The number of aromatic nitrogens is 4. The van der Waals surface area contributed by atoms with E-state index in [9.17, 15) is 12.8 Å². The molecule has 1 aliphatic rings. The van der Waals surface area contributed by atoms with E-state index in [1.807, 2.05) is 0 Å². The fraction of sp³-hybridized carbons (Fsp3) is 0.389. The van der Waals surface area contributed by atoms with Crippen molar-refractivity contribution in [3.05, 3.63) is 42.6 Å². The maximum absolute atomic E-state index is 13.0. The van der Waals surface area contributed by atoms with E-state index in [1.54, 1.807) is 10.9 Å². The summed E-state index contributed by atoms with van der Waals surface area (Å²) < 4.78 is 41.8. The molecule has 4 rings (SSSR count). The summed E-state index contributed by atoms with van der Waals surface area (Å²) in [5.41, 5.74) is 0.677. The van der Waals surface area contributed by atoms with Crippen LogP contribution in [0.1, 0.15) is 19.3 Å². The Bertz CT molecular complexity index is 1060. The number of benzene rings is 1. The third-order valence-corrected chi connectivity index (χ3v) is 6.28. The molecule has 0 radical (unpaired) electrons. The van der Waals surface area contributed by atoms with Crippen LogP contribution >= 0.6 is 0 Å². The molecule has 2 aromatic heterocycles. The second-order valence-electron chi connectivity index (χ2n) is 6.70. The van der Waals surface area contributed by atoms with Crippen LogP contribution in [0.15, 0.2) is 41.7 Å². The first kappa shape index (κ1) is 18.8. The fourth-order valence-electron chi connectivity index (χ4n) is 3.38. The van der Waals surface area contributed by atoms with Gasteiger partial charge in [-0.05, 0) is 43.5 Å². The van der Waals surface area contributed by atoms with E-state index in [-0.39, 0.29) is 11.4 Å². The Labute approximate surface area is 162 Å². The summed E-state index contributed by atoms with van der Waals surface area (Å²) in [7, 11) is -3.71. The Kier molecular flexibility index (Phi) is 5.23. The predicted octanol–water partition coefficient (Wildman–Crippen LogP) is 1.93. The molecule has 148 valence electrons. The first-order valence-corrected chi connectivity index (χ1v) is 10.7. The van der Waals surface area contributed by atoms with Crippen molar-refractivity contribution in [2.75, 3.05) is 24.5 Å². The largest absolute Gasteiger partial charge is 0.356 e. The molecular weight excluding hydrogens is 383 g/mol. The summed E-state index contributed by atoms with van der Waals surface area (Å²) in [5.74, 6) is 0.397. The number of halogens is 1. The summed E-state index contributed by atoms with van der Waals surface area (Å²) in [5, 5.41) is 5.22. The lowest BCUT2D eigenvalue weighted by molar-refractivity contribution is 0.564. The van der Waals surface area contributed by atoms with E-state index < -0.39 is 15.8 Å². The standard InChI is InChI=1S/C18H21FN6O2S/c19-14-4-6-15(7-5-14)28(26,27)23-8-11-25-18-16(12-22-25)17(20-13-21-18)24-9-2-1-3-10-24/h4-7,12-13,23H,1-3,8-11H2. The second-order valence-corrected chi connectivity index (χ2v) is 8.47. The van der Waals surface area contributed by atoms with E-state index in [4.69, 9.17) is 0 Å². The molecule has 0 unspecified atom stereocenters. The minimum absolute atomic E-state index is 0.0222. The Morgan fingerprint density at radius 1 is 1.07 bits per heavy atom. The van der Waals surface area contributed by atoms with Crippen molar-refractivity contribution in [3.63, 3.8) is 0 Å². The SMILES string of the molecule is O=S(=O)(NCCn1ncc2c(N3CCCCC3)ncnc21)c1ccc(F)cc1. The van der Waals surface area contributed by atoms with E-state index >= 15 is 0 Å². The third-order valence-electron chi connectivity index (χ3n) is 4.81. The fourth-order valence-corrected chi connectivity index (χ4v) is 4.41. The quantitative estimate of drug-likeness (QED) is 0.675. The highest BCUT2D eigenvalue weighted by Crippen LogP contribution is 2.25. The van der Waals surface area contributed by atoms with Gasteiger partial charge in [0, 0.05) is 19.6 Å². The van der Waals surface area contributed by atoms with Crippen LogP contribution in [0, 0.1) is 5.82 Å². The number of nitrogens with one attached hydrogen (secondary N) is 1. The Balaban J connectivity index is 1.47. The number of hydrogen-bond donors (Lipinski definition) is 1. The van der Waals surface area contributed by atoms with E-state index in [0.29, 0.717) is 12.2 Å². The highest BCUT2D eigenvalue weighted by molar-refractivity contribution is 7.89. The Hall–Kier alpha value is -2.59. The van der Waals surface area contributed by atoms with Gasteiger partial charge < -0.3 is 4.90 Å². The van der Waals surface area contributed by atoms with Gasteiger partial charge in [0.1, 0.15) is 18.0 Å². The molecule has 0 saturated carbocycles. The lowest BCUT2D eigenvalue weighted by Crippen LogP contribution is -2.30. The summed E-state index contributed by atoms with van der Waals surface area (Å²) in [6.45, 7) is 2.39. The molecule has 1 aliphatic heterocycles. The molecule has 1 saturated heterocycles. The zero-order valence-electron chi connectivity index (χ0n) is 15.3. The number of piperidine rings is 1. The van der Waals surface area contributed by atoms with Crippen LogP contribution in [0.5, 0.6) is 0 Å². The van der Waals surface area contributed by atoms with Crippen LogP contribution in [-0.2, 0) is 16.6 Å². The zero-order chi connectivity index (χ0) is 19.6. The molecule has 0 atom stereocenters. The lowest BCUT2D eigenvalue weighted by Gasteiger charge is -2.27. The minimum Gasteiger partial charge on any atom is -0.356 e. The van der Waals surface area contributed by atoms with Gasteiger partial charge in [-0.2, -0.15) is 5.10 Å². The van der Waals surface area contributed by atoms with Crippen molar-refractivity contribution >= 4 is 26.9 Å². The van der Waals surface area contributed by atoms with Crippen molar-refractivity contribution in [3.8, 4) is 0 Å². The molecule has 8 nitrogen and oxygen atoms in total. The zero-order valence-corrected chi connectivity index (χ0v) is 16.1. The number of hydrogen-bond acceptors (Lipinski definition) is 6. The van der Waals surface area contributed by atoms with Crippen molar-refractivity contribution in [2.24, 2.45) is 0 Å². The van der Waals surface area contributed by atoms with Crippen LogP contribution in [-0.4, -0.2) is 47.8 Å². The van der Waals surface area contributed by atoms with Crippen molar-refractivity contribution in [1.29, 1.82) is 0 Å². The number of sulfonamides is 1. The van der Waals surface area contributed by atoms with Gasteiger partial charge in [-0.25, -0.2) is 32.2 Å². The number of anilines is 1. The molecule has 1 fully saturated rings. The Morgan fingerprint density at radius 3 is 2.57 bits per heavy atom. The summed E-state index contributed by atoms with van der Waals surface area (Å²) in [6, 6.07) is 4.71. The highest BCUT2D eigenvalue weighted by atomic mass is 32.2. The van der Waals surface area contributed by atoms with E-state index in [0.717, 1.165) is 49.3 Å². The highest BCUT2D eigenvalue weighted by Gasteiger charge is 2.18. The van der Waals surface area contributed by atoms with E-state index in [1.165, 1.54) is 24.9 Å². The second kappa shape index (κ2) is 7.80. The number of rotatable bonds is 6. The normalized spacial score (nSPS) is 15.2. The number of nitrogens with zero attached hydrogens (tertiary/aromatic N) is 5. The predicted molar refractivity (Wildman–Crippen MR) is 103 cm³/mol. The molecule has 0 amide bonds. The molecule has 0 spiro atoms. The topological polar surface area (TPSA) is 93.0 Å². The molecular formula is C18H21FN6O2S. The molecule has 10 heteroatoms. The molecule has 3 heterocycles. The smallest absolute Gasteiger partial charge is 0.240 e. The van der Waals surface area contributed by atoms with Crippen LogP contribution in [0.25, 0.3) is 11.0 Å². The van der Waals surface area contributed by atoms with Gasteiger partial charge in [0.25, 0.3) is 0 Å². The average molecular weight is 404 g/mol. The van der Waals surface area contributed by atoms with Crippen molar-refractivity contribution in [2.45, 2.75) is 30.7 Å². The van der Waals surface area contributed by atoms with Gasteiger partial charge in [0.05, 0.1) is 23.0 Å². The van der Waals surface area contributed by atoms with Crippen LogP contribution in [0.4, 0.5) is 10.2 Å². The average Bonchev–Trinajstić information content (AvgIpc) is 3.12. The van der Waals surface area contributed by atoms with Crippen molar-refractivity contribution in [1.82, 2.24) is 24.5 Å². The minimum atomic E-state index is -3.71. The molecule has 1 N–H and O–H groups in total. The maximum atomic E-state index is 13.0. The maximum Gasteiger partial charge on any atom is 0.240 e. The van der Waals surface area contributed by atoms with Gasteiger partial charge in [-0.3, -0.25) is 0 Å². The Morgan fingerprint density at radius 2 is 1.82 bits per heavy atom. The summed E-state index contributed by atoms with van der Waals surface area (Å²) in [6.07, 6.45) is 6.77. The molecule has 3 aromatic rings.